The quantitative estimate of drug-likeness (QED) is 0.804. The molecule has 1 atom stereocenters. The Labute approximate surface area is 112 Å². The van der Waals surface area contributed by atoms with Crippen molar-refractivity contribution in [2.24, 2.45) is 5.92 Å². The first-order valence-electron chi connectivity index (χ1n) is 6.95. The fraction of sp³-hybridized carbons (Fsp3) is 0.667. The highest BCUT2D eigenvalue weighted by molar-refractivity contribution is 5.43. The second-order valence-corrected chi connectivity index (χ2v) is 5.32. The first kappa shape index (κ1) is 15.0. The molecule has 1 heterocycles. The molecule has 0 amide bonds. The Balaban J connectivity index is 2.58. The molecule has 1 unspecified atom stereocenters. The van der Waals surface area contributed by atoms with Crippen LogP contribution in [-0.4, -0.2) is 25.1 Å². The van der Waals surface area contributed by atoms with Gasteiger partial charge >= 0.3 is 0 Å². The van der Waals surface area contributed by atoms with Gasteiger partial charge in [-0.15, -0.1) is 0 Å². The minimum Gasteiger partial charge on any atom is -0.373 e. The lowest BCUT2D eigenvalue weighted by molar-refractivity contribution is 0.580. The molecule has 0 aromatic carbocycles. The van der Waals surface area contributed by atoms with Crippen LogP contribution in [-0.2, 0) is 0 Å². The summed E-state index contributed by atoms with van der Waals surface area (Å²) in [7, 11) is 2.13. The van der Waals surface area contributed by atoms with Crippen molar-refractivity contribution in [2.75, 3.05) is 25.0 Å². The molecular formula is C15H27N3. The average molecular weight is 249 g/mol. The molecule has 1 aromatic rings. The zero-order chi connectivity index (χ0) is 13.5. The number of nitrogens with one attached hydrogen (secondary N) is 1. The maximum Gasteiger partial charge on any atom is 0.0572 e. The molecule has 0 aliphatic rings. The van der Waals surface area contributed by atoms with E-state index in [-0.39, 0.29) is 0 Å². The van der Waals surface area contributed by atoms with Gasteiger partial charge in [-0.1, -0.05) is 20.8 Å². The van der Waals surface area contributed by atoms with Crippen molar-refractivity contribution in [2.45, 2.75) is 40.2 Å². The minimum atomic E-state index is 0.324. The minimum absolute atomic E-state index is 0.324. The topological polar surface area (TPSA) is 28.2 Å². The Bertz CT molecular complexity index is 332. The lowest BCUT2D eigenvalue weighted by Crippen LogP contribution is -2.21. The number of hydrogen-bond donors (Lipinski definition) is 1. The van der Waals surface area contributed by atoms with Crippen LogP contribution in [0.25, 0.3) is 0 Å². The van der Waals surface area contributed by atoms with E-state index in [1.54, 1.807) is 0 Å². The summed E-state index contributed by atoms with van der Waals surface area (Å²) >= 11 is 0. The predicted molar refractivity (Wildman–Crippen MR) is 79.1 cm³/mol. The van der Waals surface area contributed by atoms with Gasteiger partial charge in [0.25, 0.3) is 0 Å². The Morgan fingerprint density at radius 2 is 2.00 bits per heavy atom. The maximum atomic E-state index is 4.54. The molecule has 0 aliphatic carbocycles. The molecule has 1 rings (SSSR count). The van der Waals surface area contributed by atoms with Gasteiger partial charge in [-0.05, 0) is 37.9 Å². The van der Waals surface area contributed by atoms with Crippen LogP contribution in [0.3, 0.4) is 0 Å². The summed E-state index contributed by atoms with van der Waals surface area (Å²) in [5, 5.41) is 3.37. The molecule has 3 nitrogen and oxygen atoms in total. The van der Waals surface area contributed by atoms with Crippen molar-refractivity contribution in [3.63, 3.8) is 0 Å². The van der Waals surface area contributed by atoms with Crippen LogP contribution in [0.5, 0.6) is 0 Å². The van der Waals surface area contributed by atoms with Gasteiger partial charge in [-0.3, -0.25) is 4.98 Å². The molecule has 1 aromatic heterocycles. The molecule has 102 valence electrons. The number of anilines is 1. The summed E-state index contributed by atoms with van der Waals surface area (Å²) in [6.07, 6.45) is 3.19. The maximum absolute atomic E-state index is 4.54. The SMILES string of the molecule is CCNC(C)c1ccc(N(C)CCC(C)C)cn1. The van der Waals surface area contributed by atoms with Gasteiger partial charge in [0.1, 0.15) is 0 Å². The monoisotopic (exact) mass is 249 g/mol. The summed E-state index contributed by atoms with van der Waals surface area (Å²) in [5.41, 5.74) is 2.31. The summed E-state index contributed by atoms with van der Waals surface area (Å²) in [5.74, 6) is 0.744. The summed E-state index contributed by atoms with van der Waals surface area (Å²) in [6.45, 7) is 10.8. The van der Waals surface area contributed by atoms with Crippen molar-refractivity contribution in [1.29, 1.82) is 0 Å². The van der Waals surface area contributed by atoms with Crippen LogP contribution < -0.4 is 10.2 Å². The van der Waals surface area contributed by atoms with E-state index < -0.39 is 0 Å². The summed E-state index contributed by atoms with van der Waals surface area (Å²) in [6, 6.07) is 4.61. The third-order valence-corrected chi connectivity index (χ3v) is 3.21. The Hall–Kier alpha value is -1.09. The predicted octanol–water partition coefficient (Wildman–Crippen LogP) is 3.23. The Kier molecular flexibility index (Phi) is 6.13. The standard InChI is InChI=1S/C15H27N3/c1-6-16-13(4)15-8-7-14(11-17-15)18(5)10-9-12(2)3/h7-8,11-13,16H,6,9-10H2,1-5H3. The smallest absolute Gasteiger partial charge is 0.0572 e. The summed E-state index contributed by atoms with van der Waals surface area (Å²) in [4.78, 5) is 6.81. The lowest BCUT2D eigenvalue weighted by atomic mass is 10.1. The van der Waals surface area contributed by atoms with E-state index in [2.05, 4.69) is 62.1 Å². The summed E-state index contributed by atoms with van der Waals surface area (Å²) < 4.78 is 0. The fourth-order valence-corrected chi connectivity index (χ4v) is 1.87. The van der Waals surface area contributed by atoms with E-state index in [0.717, 1.165) is 24.7 Å². The van der Waals surface area contributed by atoms with Gasteiger partial charge in [0, 0.05) is 19.6 Å². The number of nitrogens with zero attached hydrogens (tertiary/aromatic N) is 2. The van der Waals surface area contributed by atoms with Crippen molar-refractivity contribution in [3.05, 3.63) is 24.0 Å². The number of pyridine rings is 1. The van der Waals surface area contributed by atoms with E-state index in [1.807, 2.05) is 6.20 Å². The van der Waals surface area contributed by atoms with Crippen LogP contribution >= 0.6 is 0 Å². The largest absolute Gasteiger partial charge is 0.373 e. The molecule has 0 spiro atoms. The van der Waals surface area contributed by atoms with Gasteiger partial charge in [-0.25, -0.2) is 0 Å². The van der Waals surface area contributed by atoms with Crippen LogP contribution in [0.1, 0.15) is 45.9 Å². The Morgan fingerprint density at radius 1 is 1.28 bits per heavy atom. The van der Waals surface area contributed by atoms with Gasteiger partial charge in [0.2, 0.25) is 0 Å². The average Bonchev–Trinajstić information content (AvgIpc) is 2.36. The molecule has 0 saturated heterocycles. The van der Waals surface area contributed by atoms with Crippen molar-refractivity contribution in [3.8, 4) is 0 Å². The normalized spacial score (nSPS) is 12.8. The second-order valence-electron chi connectivity index (χ2n) is 5.32. The van der Waals surface area contributed by atoms with E-state index in [4.69, 9.17) is 0 Å². The Morgan fingerprint density at radius 3 is 2.50 bits per heavy atom. The van der Waals surface area contributed by atoms with Gasteiger partial charge in [-0.2, -0.15) is 0 Å². The molecule has 3 heteroatoms. The zero-order valence-electron chi connectivity index (χ0n) is 12.4. The third kappa shape index (κ3) is 4.65. The molecule has 0 bridgehead atoms. The molecule has 0 radical (unpaired) electrons. The molecule has 18 heavy (non-hydrogen) atoms. The second kappa shape index (κ2) is 7.37. The lowest BCUT2D eigenvalue weighted by Gasteiger charge is -2.21. The zero-order valence-corrected chi connectivity index (χ0v) is 12.4. The van der Waals surface area contributed by atoms with Crippen molar-refractivity contribution >= 4 is 5.69 Å². The highest BCUT2D eigenvalue weighted by atomic mass is 15.1. The highest BCUT2D eigenvalue weighted by Crippen LogP contribution is 2.16. The number of hydrogen-bond acceptors (Lipinski definition) is 3. The number of aromatic nitrogens is 1. The van der Waals surface area contributed by atoms with E-state index in [0.29, 0.717) is 6.04 Å². The molecule has 0 saturated carbocycles. The number of rotatable bonds is 7. The van der Waals surface area contributed by atoms with Crippen molar-refractivity contribution < 1.29 is 0 Å². The van der Waals surface area contributed by atoms with Crippen molar-refractivity contribution in [1.82, 2.24) is 10.3 Å². The fourth-order valence-electron chi connectivity index (χ4n) is 1.87. The van der Waals surface area contributed by atoms with Crippen LogP contribution in [0.15, 0.2) is 18.3 Å². The molecule has 0 aliphatic heterocycles. The van der Waals surface area contributed by atoms with Crippen LogP contribution in [0.4, 0.5) is 5.69 Å². The van der Waals surface area contributed by atoms with E-state index in [9.17, 15) is 0 Å². The molecular weight excluding hydrogens is 222 g/mol. The first-order chi connectivity index (χ1) is 8.54. The third-order valence-electron chi connectivity index (χ3n) is 3.21. The van der Waals surface area contributed by atoms with E-state index in [1.165, 1.54) is 12.1 Å². The molecule has 1 N–H and O–H groups in total. The van der Waals surface area contributed by atoms with Crippen LogP contribution in [0, 0.1) is 5.92 Å². The van der Waals surface area contributed by atoms with Gasteiger partial charge < -0.3 is 10.2 Å². The highest BCUT2D eigenvalue weighted by Gasteiger charge is 2.07. The first-order valence-corrected chi connectivity index (χ1v) is 6.95. The van der Waals surface area contributed by atoms with Gasteiger partial charge in [0.15, 0.2) is 0 Å². The van der Waals surface area contributed by atoms with E-state index >= 15 is 0 Å². The van der Waals surface area contributed by atoms with Gasteiger partial charge in [0.05, 0.1) is 17.6 Å². The molecule has 0 fully saturated rings. The van der Waals surface area contributed by atoms with Crippen LogP contribution in [0.2, 0.25) is 0 Å².